The topological polar surface area (TPSA) is 40.5 Å². The van der Waals surface area contributed by atoms with Crippen LogP contribution in [0.25, 0.3) is 0 Å². The quantitative estimate of drug-likeness (QED) is 0.688. The van der Waals surface area contributed by atoms with Crippen LogP contribution in [0.3, 0.4) is 0 Å². The monoisotopic (exact) mass is 176 g/mol. The van der Waals surface area contributed by atoms with Gasteiger partial charge < -0.3 is 0 Å². The van der Waals surface area contributed by atoms with Gasteiger partial charge in [0.15, 0.2) is 0 Å². The van der Waals surface area contributed by atoms with E-state index in [9.17, 15) is 0 Å². The normalized spacial score (nSPS) is 19.2. The van der Waals surface area contributed by atoms with Gasteiger partial charge >= 0.3 is 0 Å². The van der Waals surface area contributed by atoms with Gasteiger partial charge in [0.1, 0.15) is 11.7 Å². The number of aromatic nitrogens is 1. The van der Waals surface area contributed by atoms with Gasteiger partial charge in [0.2, 0.25) is 0 Å². The van der Waals surface area contributed by atoms with Gasteiger partial charge in [-0.15, -0.1) is 0 Å². The number of pyridine rings is 1. The number of rotatable bonds is 1. The van der Waals surface area contributed by atoms with Gasteiger partial charge in [-0.05, 0) is 12.1 Å². The van der Waals surface area contributed by atoms with E-state index in [4.69, 9.17) is 0 Å². The van der Waals surface area contributed by atoms with E-state index in [1.165, 1.54) is 0 Å². The van der Waals surface area contributed by atoms with E-state index in [1.54, 1.807) is 13.2 Å². The smallest absolute Gasteiger partial charge is 0.146 e. The molecule has 2 heterocycles. The van der Waals surface area contributed by atoms with Crippen molar-refractivity contribution in [2.75, 3.05) is 18.6 Å². The molecule has 4 heteroatoms. The Bertz CT molecular complexity index is 307. The predicted octanol–water partition coefficient (Wildman–Crippen LogP) is 0.825. The summed E-state index contributed by atoms with van der Waals surface area (Å²) in [6.45, 7) is 0.934. The third kappa shape index (κ3) is 1.61. The Kier molecular flexibility index (Phi) is 2.12. The molecule has 0 spiro atoms. The molecule has 0 radical (unpaired) electrons. The second-order valence-corrected chi connectivity index (χ2v) is 2.87. The van der Waals surface area contributed by atoms with Crippen LogP contribution < -0.4 is 10.4 Å². The maximum atomic E-state index is 4.24. The number of hydrazine groups is 1. The Morgan fingerprint density at radius 2 is 2.46 bits per heavy atom. The molecule has 0 bridgehead atoms. The summed E-state index contributed by atoms with van der Waals surface area (Å²) in [6, 6.07) is 5.87. The first-order valence-corrected chi connectivity index (χ1v) is 4.31. The van der Waals surface area contributed by atoms with Gasteiger partial charge in [-0.1, -0.05) is 6.07 Å². The van der Waals surface area contributed by atoms with Gasteiger partial charge in [-0.2, -0.15) is 0 Å². The number of amidine groups is 1. The zero-order valence-corrected chi connectivity index (χ0v) is 7.57. The first-order valence-electron chi connectivity index (χ1n) is 4.31. The molecular weight excluding hydrogens is 164 g/mol. The van der Waals surface area contributed by atoms with Crippen molar-refractivity contribution in [2.24, 2.45) is 4.99 Å². The fourth-order valence-corrected chi connectivity index (χ4v) is 1.33. The number of nitrogens with one attached hydrogen (secondary N) is 1. The summed E-state index contributed by atoms with van der Waals surface area (Å²) in [5, 5.41) is 2.00. The average molecular weight is 176 g/mol. The van der Waals surface area contributed by atoms with E-state index < -0.39 is 0 Å². The highest BCUT2D eigenvalue weighted by molar-refractivity contribution is 5.86. The van der Waals surface area contributed by atoms with E-state index >= 15 is 0 Å². The van der Waals surface area contributed by atoms with Crippen LogP contribution in [0.1, 0.15) is 6.42 Å². The molecule has 0 unspecified atom stereocenters. The van der Waals surface area contributed by atoms with E-state index in [0.29, 0.717) is 0 Å². The van der Waals surface area contributed by atoms with Crippen LogP contribution in [0.4, 0.5) is 5.82 Å². The summed E-state index contributed by atoms with van der Waals surface area (Å²) in [5.41, 5.74) is 3.18. The lowest BCUT2D eigenvalue weighted by atomic mass is 10.4. The lowest BCUT2D eigenvalue weighted by molar-refractivity contribution is 0.836. The molecule has 1 saturated heterocycles. The molecule has 0 aliphatic carbocycles. The standard InChI is InChI=1S/C9H12N4/c1-10-8-5-7-13(12-8)9-4-2-3-6-11-9/h2-4,6H,5,7H2,1H3,(H,10,12). The Labute approximate surface area is 77.3 Å². The fourth-order valence-electron chi connectivity index (χ4n) is 1.33. The van der Waals surface area contributed by atoms with Crippen LogP contribution >= 0.6 is 0 Å². The van der Waals surface area contributed by atoms with E-state index in [-0.39, 0.29) is 0 Å². The molecule has 1 fully saturated rings. The van der Waals surface area contributed by atoms with Crippen molar-refractivity contribution in [2.45, 2.75) is 6.42 Å². The van der Waals surface area contributed by atoms with Gasteiger partial charge in [0.25, 0.3) is 0 Å². The van der Waals surface area contributed by atoms with Crippen molar-refractivity contribution < 1.29 is 0 Å². The lowest BCUT2D eigenvalue weighted by Gasteiger charge is -2.15. The van der Waals surface area contributed by atoms with Gasteiger partial charge in [-0.25, -0.2) is 4.98 Å². The van der Waals surface area contributed by atoms with Gasteiger partial charge in [-0.3, -0.25) is 15.4 Å². The van der Waals surface area contributed by atoms with Crippen LogP contribution in [0.5, 0.6) is 0 Å². The minimum Gasteiger partial charge on any atom is -0.284 e. The molecule has 1 N–H and O–H groups in total. The summed E-state index contributed by atoms with van der Waals surface area (Å²) in [4.78, 5) is 8.34. The molecule has 1 aliphatic heterocycles. The van der Waals surface area contributed by atoms with Crippen LogP contribution in [0, 0.1) is 0 Å². The molecule has 1 aromatic heterocycles. The van der Waals surface area contributed by atoms with Gasteiger partial charge in [0.05, 0.1) is 0 Å². The second-order valence-electron chi connectivity index (χ2n) is 2.87. The Balaban J connectivity index is 2.13. The third-order valence-electron chi connectivity index (χ3n) is 2.03. The Morgan fingerprint density at radius 3 is 3.08 bits per heavy atom. The van der Waals surface area contributed by atoms with Crippen LogP contribution in [-0.2, 0) is 0 Å². The van der Waals surface area contributed by atoms with Crippen LogP contribution in [0.2, 0.25) is 0 Å². The summed E-state index contributed by atoms with van der Waals surface area (Å²) in [6.07, 6.45) is 2.76. The molecule has 1 aliphatic rings. The predicted molar refractivity (Wildman–Crippen MR) is 52.7 cm³/mol. The highest BCUT2D eigenvalue weighted by atomic mass is 15.6. The SMILES string of the molecule is CN=C1CCN(c2ccccn2)N1. The second kappa shape index (κ2) is 3.43. The molecule has 0 amide bonds. The van der Waals surface area contributed by atoms with Crippen molar-refractivity contribution >= 4 is 11.7 Å². The van der Waals surface area contributed by atoms with Crippen LogP contribution in [0.15, 0.2) is 29.4 Å². The summed E-state index contributed by atoms with van der Waals surface area (Å²) < 4.78 is 0. The highest BCUT2D eigenvalue weighted by Gasteiger charge is 2.16. The molecule has 68 valence electrons. The van der Waals surface area contributed by atoms with Crippen molar-refractivity contribution in [1.82, 2.24) is 10.4 Å². The molecule has 0 atom stereocenters. The number of aliphatic imine (C=N–C) groups is 1. The molecule has 2 rings (SSSR count). The zero-order chi connectivity index (χ0) is 9.10. The molecule has 0 saturated carbocycles. The molecular formula is C9H12N4. The summed E-state index contributed by atoms with van der Waals surface area (Å²) in [7, 11) is 1.80. The number of nitrogens with zero attached hydrogens (tertiary/aromatic N) is 3. The maximum Gasteiger partial charge on any atom is 0.146 e. The summed E-state index contributed by atoms with van der Waals surface area (Å²) >= 11 is 0. The number of hydrogen-bond acceptors (Lipinski definition) is 3. The average Bonchev–Trinajstić information content (AvgIpc) is 2.67. The number of hydrogen-bond donors (Lipinski definition) is 1. The van der Waals surface area contributed by atoms with E-state index in [1.807, 2.05) is 23.2 Å². The van der Waals surface area contributed by atoms with Crippen molar-refractivity contribution in [3.05, 3.63) is 24.4 Å². The first kappa shape index (κ1) is 8.04. The lowest BCUT2D eigenvalue weighted by Crippen LogP contribution is -2.33. The largest absolute Gasteiger partial charge is 0.284 e. The number of anilines is 1. The maximum absolute atomic E-state index is 4.24. The minimum atomic E-state index is 0.934. The third-order valence-corrected chi connectivity index (χ3v) is 2.03. The van der Waals surface area contributed by atoms with Crippen molar-refractivity contribution in [3.63, 3.8) is 0 Å². The van der Waals surface area contributed by atoms with E-state index in [2.05, 4.69) is 15.4 Å². The fraction of sp³-hybridized carbons (Fsp3) is 0.333. The zero-order valence-electron chi connectivity index (χ0n) is 7.57. The molecule has 1 aromatic rings. The van der Waals surface area contributed by atoms with E-state index in [0.717, 1.165) is 24.6 Å². The Morgan fingerprint density at radius 1 is 1.54 bits per heavy atom. The molecule has 0 aromatic carbocycles. The van der Waals surface area contributed by atoms with Gasteiger partial charge in [0, 0.05) is 26.2 Å². The molecule has 4 nitrogen and oxygen atoms in total. The minimum absolute atomic E-state index is 0.934. The van der Waals surface area contributed by atoms with Crippen LogP contribution in [-0.4, -0.2) is 24.4 Å². The van der Waals surface area contributed by atoms with Crippen molar-refractivity contribution in [3.8, 4) is 0 Å². The van der Waals surface area contributed by atoms with Crippen molar-refractivity contribution in [1.29, 1.82) is 0 Å². The Hall–Kier alpha value is -1.58. The molecule has 13 heavy (non-hydrogen) atoms. The first-order chi connectivity index (χ1) is 6.40. The summed E-state index contributed by atoms with van der Waals surface area (Å²) in [5.74, 6) is 1.96. The highest BCUT2D eigenvalue weighted by Crippen LogP contribution is 2.11.